The van der Waals surface area contributed by atoms with Crippen molar-refractivity contribution in [3.63, 3.8) is 0 Å². The third-order valence-electron chi connectivity index (χ3n) is 5.49. The van der Waals surface area contributed by atoms with E-state index in [1.54, 1.807) is 19.3 Å². The topological polar surface area (TPSA) is 60.0 Å². The molecule has 2 aliphatic heterocycles. The lowest BCUT2D eigenvalue weighted by molar-refractivity contribution is -0.117. The van der Waals surface area contributed by atoms with Gasteiger partial charge >= 0.3 is 0 Å². The Hall–Kier alpha value is -2.21. The lowest BCUT2D eigenvalue weighted by atomic mass is 9.93. The molecule has 0 aromatic heterocycles. The number of nitrogens with zero attached hydrogens (tertiary/aromatic N) is 1. The Morgan fingerprint density at radius 1 is 1.36 bits per heavy atom. The Balaban J connectivity index is 1.59. The highest BCUT2D eigenvalue weighted by Gasteiger charge is 2.30. The van der Waals surface area contributed by atoms with Gasteiger partial charge < -0.3 is 19.5 Å². The normalized spacial score (nSPS) is 20.2. The zero-order chi connectivity index (χ0) is 20.1. The summed E-state index contributed by atoms with van der Waals surface area (Å²) in [5.41, 5.74) is 0.777. The van der Waals surface area contributed by atoms with Crippen molar-refractivity contribution in [2.75, 3.05) is 40.0 Å². The number of ether oxygens (including phenoxy) is 3. The van der Waals surface area contributed by atoms with Gasteiger partial charge in [-0.1, -0.05) is 6.92 Å². The van der Waals surface area contributed by atoms with Crippen molar-refractivity contribution in [1.82, 2.24) is 10.2 Å². The quantitative estimate of drug-likeness (QED) is 0.759. The molecule has 28 heavy (non-hydrogen) atoms. The predicted octanol–water partition coefficient (Wildman–Crippen LogP) is 3.11. The Morgan fingerprint density at radius 2 is 2.14 bits per heavy atom. The Kier molecular flexibility index (Phi) is 6.50. The minimum atomic E-state index is -0.105. The number of likely N-dealkylation sites (tertiary alicyclic amines) is 1. The van der Waals surface area contributed by atoms with Crippen LogP contribution in [-0.4, -0.2) is 56.3 Å². The Labute approximate surface area is 167 Å². The molecule has 0 bridgehead atoms. The third-order valence-corrected chi connectivity index (χ3v) is 5.49. The van der Waals surface area contributed by atoms with Crippen LogP contribution in [0.4, 0.5) is 0 Å². The van der Waals surface area contributed by atoms with Crippen LogP contribution in [0.3, 0.4) is 0 Å². The fourth-order valence-electron chi connectivity index (χ4n) is 3.77. The first-order valence-electron chi connectivity index (χ1n) is 10.1. The van der Waals surface area contributed by atoms with Crippen LogP contribution < -0.4 is 19.5 Å². The molecule has 6 heteroatoms. The van der Waals surface area contributed by atoms with Gasteiger partial charge in [0.15, 0.2) is 11.5 Å². The van der Waals surface area contributed by atoms with Gasteiger partial charge in [0.2, 0.25) is 11.7 Å². The molecule has 0 radical (unpaired) electrons. The summed E-state index contributed by atoms with van der Waals surface area (Å²) in [7, 11) is 1.59. The van der Waals surface area contributed by atoms with E-state index in [-0.39, 0.29) is 11.4 Å². The van der Waals surface area contributed by atoms with Crippen LogP contribution in [0.2, 0.25) is 0 Å². The average Bonchev–Trinajstić information content (AvgIpc) is 2.70. The highest BCUT2D eigenvalue weighted by atomic mass is 16.6. The SMILES string of the molecule is COc1cc(/C=C/C(=O)NCC(C)(C)N2CCCC(C)C2)cc2c1OCCO2. The van der Waals surface area contributed by atoms with E-state index in [2.05, 4.69) is 31.0 Å². The second kappa shape index (κ2) is 8.86. The van der Waals surface area contributed by atoms with Gasteiger partial charge in [-0.15, -0.1) is 0 Å². The summed E-state index contributed by atoms with van der Waals surface area (Å²) in [5, 5.41) is 3.04. The molecule has 1 N–H and O–H groups in total. The second-order valence-electron chi connectivity index (χ2n) is 8.30. The van der Waals surface area contributed by atoms with Gasteiger partial charge in [-0.2, -0.15) is 0 Å². The van der Waals surface area contributed by atoms with Gasteiger partial charge in [-0.25, -0.2) is 0 Å². The van der Waals surface area contributed by atoms with Crippen LogP contribution >= 0.6 is 0 Å². The van der Waals surface area contributed by atoms with E-state index in [1.807, 2.05) is 12.1 Å². The lowest BCUT2D eigenvalue weighted by Gasteiger charge is -2.43. The summed E-state index contributed by atoms with van der Waals surface area (Å²) in [6, 6.07) is 3.70. The molecule has 1 aromatic carbocycles. The molecule has 1 fully saturated rings. The number of carbonyl (C=O) groups is 1. The standard InChI is InChI=1S/C22H32N2O4/c1-16-6-5-9-24(14-16)22(2,3)15-23-20(25)8-7-17-12-18(26-4)21-19(13-17)27-10-11-28-21/h7-8,12-13,16H,5-6,9-11,14-15H2,1-4H3,(H,23,25)/b8-7+. The number of fused-ring (bicyclic) bond motifs is 1. The van der Waals surface area contributed by atoms with Crippen LogP contribution in [-0.2, 0) is 4.79 Å². The first kappa shape index (κ1) is 20.5. The van der Waals surface area contributed by atoms with E-state index in [0.29, 0.717) is 42.9 Å². The highest BCUT2D eigenvalue weighted by Crippen LogP contribution is 2.40. The lowest BCUT2D eigenvalue weighted by Crippen LogP contribution is -2.54. The largest absolute Gasteiger partial charge is 0.493 e. The van der Waals surface area contributed by atoms with E-state index in [4.69, 9.17) is 14.2 Å². The Morgan fingerprint density at radius 3 is 2.89 bits per heavy atom. The molecule has 1 unspecified atom stereocenters. The van der Waals surface area contributed by atoms with E-state index < -0.39 is 0 Å². The summed E-state index contributed by atoms with van der Waals surface area (Å²) in [6.07, 6.45) is 5.84. The van der Waals surface area contributed by atoms with Gasteiger partial charge in [-0.3, -0.25) is 9.69 Å². The maximum atomic E-state index is 12.3. The number of hydrogen-bond donors (Lipinski definition) is 1. The van der Waals surface area contributed by atoms with E-state index in [0.717, 1.165) is 18.7 Å². The first-order valence-corrected chi connectivity index (χ1v) is 10.1. The van der Waals surface area contributed by atoms with Crippen LogP contribution in [0.5, 0.6) is 17.2 Å². The second-order valence-corrected chi connectivity index (χ2v) is 8.30. The van der Waals surface area contributed by atoms with Crippen LogP contribution in [0.25, 0.3) is 6.08 Å². The van der Waals surface area contributed by atoms with Gasteiger partial charge in [-0.05, 0) is 62.9 Å². The first-order chi connectivity index (χ1) is 13.4. The zero-order valence-electron chi connectivity index (χ0n) is 17.4. The van der Waals surface area contributed by atoms with Crippen molar-refractivity contribution >= 4 is 12.0 Å². The van der Waals surface area contributed by atoms with Crippen LogP contribution in [0, 0.1) is 5.92 Å². The number of nitrogens with one attached hydrogen (secondary N) is 1. The fourth-order valence-corrected chi connectivity index (χ4v) is 3.77. The van der Waals surface area contributed by atoms with Crippen molar-refractivity contribution in [3.05, 3.63) is 23.8 Å². The monoisotopic (exact) mass is 388 g/mol. The van der Waals surface area contributed by atoms with Gasteiger partial charge in [0.25, 0.3) is 0 Å². The van der Waals surface area contributed by atoms with Crippen molar-refractivity contribution in [2.45, 2.75) is 39.2 Å². The van der Waals surface area contributed by atoms with Crippen molar-refractivity contribution in [1.29, 1.82) is 0 Å². The van der Waals surface area contributed by atoms with Crippen molar-refractivity contribution < 1.29 is 19.0 Å². The molecule has 1 aromatic rings. The fraction of sp³-hybridized carbons (Fsp3) is 0.591. The van der Waals surface area contributed by atoms with E-state index in [1.165, 1.54) is 12.8 Å². The third kappa shape index (κ3) is 4.98. The molecule has 3 rings (SSSR count). The highest BCUT2D eigenvalue weighted by molar-refractivity contribution is 5.92. The minimum absolute atomic E-state index is 0.0571. The van der Waals surface area contributed by atoms with E-state index >= 15 is 0 Å². The number of rotatable bonds is 6. The van der Waals surface area contributed by atoms with Crippen molar-refractivity contribution in [2.24, 2.45) is 5.92 Å². The summed E-state index contributed by atoms with van der Waals surface area (Å²) >= 11 is 0. The van der Waals surface area contributed by atoms with Gasteiger partial charge in [0.1, 0.15) is 13.2 Å². The van der Waals surface area contributed by atoms with Crippen molar-refractivity contribution in [3.8, 4) is 17.2 Å². The van der Waals surface area contributed by atoms with Crippen LogP contribution in [0.1, 0.15) is 39.2 Å². The van der Waals surface area contributed by atoms with Gasteiger partial charge in [0, 0.05) is 24.7 Å². The summed E-state index contributed by atoms with van der Waals surface area (Å²) in [6.45, 7) is 10.5. The number of benzene rings is 1. The molecule has 6 nitrogen and oxygen atoms in total. The summed E-state index contributed by atoms with van der Waals surface area (Å²) < 4.78 is 16.6. The molecular formula is C22H32N2O4. The molecule has 1 amide bonds. The average molecular weight is 389 g/mol. The summed E-state index contributed by atoms with van der Waals surface area (Å²) in [5.74, 6) is 2.48. The number of piperidine rings is 1. The molecule has 0 aliphatic carbocycles. The molecule has 1 saturated heterocycles. The Bertz CT molecular complexity index is 712. The maximum absolute atomic E-state index is 12.3. The number of carbonyl (C=O) groups excluding carboxylic acids is 1. The molecule has 2 aliphatic rings. The molecule has 2 heterocycles. The molecular weight excluding hydrogens is 356 g/mol. The van der Waals surface area contributed by atoms with Gasteiger partial charge in [0.05, 0.1) is 7.11 Å². The zero-order valence-corrected chi connectivity index (χ0v) is 17.4. The molecule has 1 atom stereocenters. The minimum Gasteiger partial charge on any atom is -0.493 e. The van der Waals surface area contributed by atoms with E-state index in [9.17, 15) is 4.79 Å². The smallest absolute Gasteiger partial charge is 0.244 e. The van der Waals surface area contributed by atoms with Crippen LogP contribution in [0.15, 0.2) is 18.2 Å². The molecule has 0 saturated carbocycles. The predicted molar refractivity (Wildman–Crippen MR) is 110 cm³/mol. The molecule has 154 valence electrons. The molecule has 0 spiro atoms. The number of hydrogen-bond acceptors (Lipinski definition) is 5. The maximum Gasteiger partial charge on any atom is 0.244 e. The summed E-state index contributed by atoms with van der Waals surface area (Å²) in [4.78, 5) is 14.8. The number of methoxy groups -OCH3 is 1. The number of amides is 1.